The molecule has 0 radical (unpaired) electrons. The first-order valence-corrected chi connectivity index (χ1v) is 7.55. The molecule has 2 aliphatic heterocycles. The minimum atomic E-state index is -0.474. The molecule has 0 bridgehead atoms. The maximum Gasteiger partial charge on any atom is 0.184 e. The minimum absolute atomic E-state index is 0.0267. The van der Waals surface area contributed by atoms with Gasteiger partial charge in [0.05, 0.1) is 18.6 Å². The van der Waals surface area contributed by atoms with Gasteiger partial charge in [-0.1, -0.05) is 11.6 Å². The zero-order chi connectivity index (χ0) is 15.4. The van der Waals surface area contributed by atoms with Crippen molar-refractivity contribution in [1.29, 1.82) is 0 Å². The number of hydrogen-bond donors (Lipinski definition) is 0. The van der Waals surface area contributed by atoms with Gasteiger partial charge in [0.15, 0.2) is 5.78 Å². The molecule has 0 aromatic heterocycles. The molecule has 0 aromatic rings. The van der Waals surface area contributed by atoms with E-state index in [4.69, 9.17) is 14.2 Å². The summed E-state index contributed by atoms with van der Waals surface area (Å²) in [5, 5.41) is 0. The lowest BCUT2D eigenvalue weighted by Crippen LogP contribution is -2.52. The van der Waals surface area contributed by atoms with Gasteiger partial charge in [0.25, 0.3) is 0 Å². The monoisotopic (exact) mass is 292 g/mol. The molecule has 1 aliphatic carbocycles. The molecule has 5 atom stereocenters. The van der Waals surface area contributed by atoms with Gasteiger partial charge in [-0.15, -0.1) is 0 Å². The maximum atomic E-state index is 12.3. The molecule has 0 unspecified atom stereocenters. The fourth-order valence-electron chi connectivity index (χ4n) is 3.74. The van der Waals surface area contributed by atoms with Crippen molar-refractivity contribution >= 4 is 5.78 Å². The number of methoxy groups -OCH3 is 1. The fourth-order valence-corrected chi connectivity index (χ4v) is 3.74. The molecule has 2 fully saturated rings. The van der Waals surface area contributed by atoms with Gasteiger partial charge >= 0.3 is 0 Å². The molecule has 2 heterocycles. The van der Waals surface area contributed by atoms with Gasteiger partial charge in [-0.3, -0.25) is 4.79 Å². The van der Waals surface area contributed by atoms with E-state index in [0.717, 1.165) is 12.0 Å². The Labute approximate surface area is 126 Å². The number of ether oxygens (including phenoxy) is 3. The molecule has 0 N–H and O–H groups in total. The summed E-state index contributed by atoms with van der Waals surface area (Å²) in [5.74, 6) is -0.0399. The van der Waals surface area contributed by atoms with E-state index in [2.05, 4.69) is 26.8 Å². The van der Waals surface area contributed by atoms with Crippen molar-refractivity contribution in [2.75, 3.05) is 13.7 Å². The van der Waals surface area contributed by atoms with Crippen molar-refractivity contribution in [2.24, 2.45) is 5.92 Å². The van der Waals surface area contributed by atoms with E-state index in [1.807, 2.05) is 6.92 Å². The second kappa shape index (κ2) is 4.77. The summed E-state index contributed by atoms with van der Waals surface area (Å²) < 4.78 is 17.3. The molecule has 4 nitrogen and oxygen atoms in total. The summed E-state index contributed by atoms with van der Waals surface area (Å²) in [6.45, 7) is 8.88. The SMILES string of the molecule is CO[C@@H]1C(=O)C=C(C)[C@]2(CO2)[C@H]1[C@]1(C)O[C@@H]1CC=C(C)C. The van der Waals surface area contributed by atoms with E-state index < -0.39 is 6.10 Å². The summed E-state index contributed by atoms with van der Waals surface area (Å²) in [7, 11) is 1.59. The van der Waals surface area contributed by atoms with Crippen molar-refractivity contribution in [1.82, 2.24) is 0 Å². The van der Waals surface area contributed by atoms with Crippen LogP contribution in [0.1, 0.15) is 34.1 Å². The predicted molar refractivity (Wildman–Crippen MR) is 79.1 cm³/mol. The molecule has 21 heavy (non-hydrogen) atoms. The van der Waals surface area contributed by atoms with Crippen molar-refractivity contribution in [2.45, 2.75) is 57.5 Å². The zero-order valence-corrected chi connectivity index (χ0v) is 13.4. The lowest BCUT2D eigenvalue weighted by atomic mass is 9.69. The number of carbonyl (C=O) groups excluding carboxylic acids is 1. The number of ketones is 1. The minimum Gasteiger partial charge on any atom is -0.373 e. The Morgan fingerprint density at radius 3 is 2.71 bits per heavy atom. The van der Waals surface area contributed by atoms with E-state index in [-0.39, 0.29) is 29.0 Å². The van der Waals surface area contributed by atoms with Crippen LogP contribution in [0.3, 0.4) is 0 Å². The van der Waals surface area contributed by atoms with Gasteiger partial charge in [0, 0.05) is 7.11 Å². The smallest absolute Gasteiger partial charge is 0.184 e. The zero-order valence-electron chi connectivity index (χ0n) is 13.4. The van der Waals surface area contributed by atoms with Crippen LogP contribution in [0.15, 0.2) is 23.3 Å². The highest BCUT2D eigenvalue weighted by atomic mass is 16.6. The van der Waals surface area contributed by atoms with E-state index in [0.29, 0.717) is 6.61 Å². The molecule has 0 aromatic carbocycles. The Kier molecular flexibility index (Phi) is 3.39. The second-order valence-electron chi connectivity index (χ2n) is 6.85. The number of epoxide rings is 2. The van der Waals surface area contributed by atoms with Gasteiger partial charge in [-0.2, -0.15) is 0 Å². The van der Waals surface area contributed by atoms with E-state index in [1.54, 1.807) is 13.2 Å². The lowest BCUT2D eigenvalue weighted by Gasteiger charge is -2.36. The number of carbonyl (C=O) groups is 1. The van der Waals surface area contributed by atoms with Gasteiger partial charge in [-0.05, 0) is 45.8 Å². The average Bonchev–Trinajstić information content (AvgIpc) is 3.30. The summed E-state index contributed by atoms with van der Waals surface area (Å²) in [6, 6.07) is 0. The molecule has 4 heteroatoms. The summed E-state index contributed by atoms with van der Waals surface area (Å²) in [5.41, 5.74) is 1.57. The number of hydrogen-bond acceptors (Lipinski definition) is 4. The van der Waals surface area contributed by atoms with Crippen LogP contribution in [0.2, 0.25) is 0 Å². The van der Waals surface area contributed by atoms with Crippen LogP contribution < -0.4 is 0 Å². The molecular formula is C17H24O4. The topological polar surface area (TPSA) is 51.4 Å². The fraction of sp³-hybridized carbons (Fsp3) is 0.706. The van der Waals surface area contributed by atoms with Crippen molar-refractivity contribution in [3.63, 3.8) is 0 Å². The first-order chi connectivity index (χ1) is 9.85. The van der Waals surface area contributed by atoms with Crippen LogP contribution in [0.4, 0.5) is 0 Å². The largest absolute Gasteiger partial charge is 0.373 e. The maximum absolute atomic E-state index is 12.3. The van der Waals surface area contributed by atoms with Crippen LogP contribution in [0, 0.1) is 5.92 Å². The lowest BCUT2D eigenvalue weighted by molar-refractivity contribution is -0.132. The Morgan fingerprint density at radius 1 is 1.52 bits per heavy atom. The van der Waals surface area contributed by atoms with Gasteiger partial charge < -0.3 is 14.2 Å². The van der Waals surface area contributed by atoms with E-state index in [1.165, 1.54) is 5.57 Å². The highest BCUT2D eigenvalue weighted by Crippen LogP contribution is 2.59. The molecule has 3 aliphatic rings. The van der Waals surface area contributed by atoms with E-state index >= 15 is 0 Å². The molecule has 0 amide bonds. The second-order valence-corrected chi connectivity index (χ2v) is 6.85. The Morgan fingerprint density at radius 2 is 2.19 bits per heavy atom. The van der Waals surface area contributed by atoms with Crippen LogP contribution in [0.5, 0.6) is 0 Å². The number of rotatable bonds is 4. The summed E-state index contributed by atoms with van der Waals surface area (Å²) in [6.07, 6.45) is 4.39. The highest BCUT2D eigenvalue weighted by Gasteiger charge is 2.72. The van der Waals surface area contributed by atoms with Crippen molar-refractivity contribution < 1.29 is 19.0 Å². The first-order valence-electron chi connectivity index (χ1n) is 7.55. The average molecular weight is 292 g/mol. The van der Waals surface area contributed by atoms with Gasteiger partial charge in [0.1, 0.15) is 17.3 Å². The van der Waals surface area contributed by atoms with Crippen molar-refractivity contribution in [3.8, 4) is 0 Å². The Hall–Kier alpha value is -0.970. The van der Waals surface area contributed by atoms with Gasteiger partial charge in [-0.25, -0.2) is 0 Å². The third-order valence-corrected chi connectivity index (χ3v) is 5.16. The van der Waals surface area contributed by atoms with Crippen molar-refractivity contribution in [3.05, 3.63) is 23.3 Å². The predicted octanol–water partition coefficient (Wildman–Crippen LogP) is 2.43. The normalized spacial score (nSPS) is 44.5. The Bertz CT molecular complexity index is 525. The standard InChI is InChI=1S/C17H24O4/c1-10(2)6-7-13-16(4,21-13)15-14(19-5)12(18)8-11(3)17(15)9-20-17/h6,8,13-15H,7,9H2,1-5H3/t13-,14-,15-,16-,17-/m1/s1. The highest BCUT2D eigenvalue weighted by molar-refractivity contribution is 5.96. The molecule has 1 spiro atoms. The Balaban J connectivity index is 1.88. The van der Waals surface area contributed by atoms with Crippen LogP contribution in [-0.4, -0.2) is 42.9 Å². The quantitative estimate of drug-likeness (QED) is 0.590. The third-order valence-electron chi connectivity index (χ3n) is 5.16. The summed E-state index contributed by atoms with van der Waals surface area (Å²) in [4.78, 5) is 12.3. The molecule has 0 saturated carbocycles. The van der Waals surface area contributed by atoms with Crippen LogP contribution >= 0.6 is 0 Å². The molecule has 116 valence electrons. The first kappa shape index (κ1) is 14.9. The van der Waals surface area contributed by atoms with Crippen LogP contribution in [0.25, 0.3) is 0 Å². The molecular weight excluding hydrogens is 268 g/mol. The van der Waals surface area contributed by atoms with Crippen LogP contribution in [-0.2, 0) is 19.0 Å². The van der Waals surface area contributed by atoms with E-state index in [9.17, 15) is 4.79 Å². The molecule has 3 rings (SSSR count). The number of allylic oxidation sites excluding steroid dienone is 1. The molecule has 2 saturated heterocycles. The third kappa shape index (κ3) is 2.20. The van der Waals surface area contributed by atoms with Gasteiger partial charge in [0.2, 0.25) is 0 Å². The summed E-state index contributed by atoms with van der Waals surface area (Å²) >= 11 is 0.